The molecular weight excluding hydrogens is 134 g/mol. The molecule has 0 N–H and O–H groups in total. The Bertz CT molecular complexity index is 130. The van der Waals surface area contributed by atoms with Crippen molar-refractivity contribution in [2.24, 2.45) is 10.9 Å². The summed E-state index contributed by atoms with van der Waals surface area (Å²) in [4.78, 5) is 4.27. The normalized spacial score (nSPS) is 23.3. The zero-order chi connectivity index (χ0) is 8.10. The first kappa shape index (κ1) is 8.76. The lowest BCUT2D eigenvalue weighted by molar-refractivity contribution is 0.588. The van der Waals surface area contributed by atoms with Gasteiger partial charge >= 0.3 is 0 Å². The molecule has 1 aliphatic carbocycles. The number of aliphatic imine (C=N–C) groups is 1. The van der Waals surface area contributed by atoms with Crippen molar-refractivity contribution in [2.45, 2.75) is 45.4 Å². The van der Waals surface area contributed by atoms with Crippen LogP contribution in [0.3, 0.4) is 0 Å². The van der Waals surface area contributed by atoms with E-state index in [1.54, 1.807) is 0 Å². The third-order valence-corrected chi connectivity index (χ3v) is 2.80. The molecule has 64 valence electrons. The van der Waals surface area contributed by atoms with Crippen molar-refractivity contribution < 1.29 is 0 Å². The maximum atomic E-state index is 4.27. The Morgan fingerprint density at radius 2 is 1.64 bits per heavy atom. The van der Waals surface area contributed by atoms with Gasteiger partial charge in [0.05, 0.1) is 0 Å². The predicted octanol–water partition coefficient (Wildman–Crippen LogP) is 3.05. The summed E-state index contributed by atoms with van der Waals surface area (Å²) in [6.07, 6.45) is 8.46. The highest BCUT2D eigenvalue weighted by Gasteiger charge is 2.13. The fourth-order valence-corrected chi connectivity index (χ4v) is 1.88. The summed E-state index contributed by atoms with van der Waals surface area (Å²) in [5, 5.41) is 0. The molecule has 1 aliphatic rings. The van der Waals surface area contributed by atoms with E-state index in [0.717, 1.165) is 5.92 Å². The maximum absolute atomic E-state index is 4.27. The van der Waals surface area contributed by atoms with Gasteiger partial charge in [-0.3, -0.25) is 4.99 Å². The standard InChI is InChI=1S/C10H19N/c1-9(11-2)10-7-5-3-4-6-8-10/h10H,3-8H2,1-2H3/b11-9+. The summed E-state index contributed by atoms with van der Waals surface area (Å²) in [6, 6.07) is 0. The van der Waals surface area contributed by atoms with Gasteiger partial charge in [0.25, 0.3) is 0 Å². The van der Waals surface area contributed by atoms with Gasteiger partial charge in [-0.25, -0.2) is 0 Å². The molecule has 0 amide bonds. The molecule has 0 unspecified atom stereocenters. The molecule has 1 saturated carbocycles. The molecule has 0 saturated heterocycles. The van der Waals surface area contributed by atoms with E-state index in [0.29, 0.717) is 0 Å². The average molecular weight is 153 g/mol. The minimum atomic E-state index is 0.808. The Labute approximate surface area is 69.9 Å². The van der Waals surface area contributed by atoms with E-state index in [-0.39, 0.29) is 0 Å². The summed E-state index contributed by atoms with van der Waals surface area (Å²) in [6.45, 7) is 2.18. The van der Waals surface area contributed by atoms with Crippen molar-refractivity contribution in [1.29, 1.82) is 0 Å². The second-order valence-corrected chi connectivity index (χ2v) is 3.55. The fraction of sp³-hybridized carbons (Fsp3) is 0.900. The minimum absolute atomic E-state index is 0.808. The Morgan fingerprint density at radius 1 is 1.09 bits per heavy atom. The lowest BCUT2D eigenvalue weighted by Gasteiger charge is -2.12. The van der Waals surface area contributed by atoms with Crippen LogP contribution >= 0.6 is 0 Å². The number of nitrogens with zero attached hydrogens (tertiary/aromatic N) is 1. The maximum Gasteiger partial charge on any atom is 0.0276 e. The lowest BCUT2D eigenvalue weighted by atomic mass is 9.96. The number of hydrogen-bond acceptors (Lipinski definition) is 1. The molecule has 0 aromatic rings. The molecule has 0 radical (unpaired) electrons. The van der Waals surface area contributed by atoms with Crippen LogP contribution in [0.4, 0.5) is 0 Å². The molecule has 1 nitrogen and oxygen atoms in total. The van der Waals surface area contributed by atoms with E-state index in [2.05, 4.69) is 11.9 Å². The third kappa shape index (κ3) is 2.64. The smallest absolute Gasteiger partial charge is 0.0276 e. The lowest BCUT2D eigenvalue weighted by Crippen LogP contribution is -2.09. The Kier molecular flexibility index (Phi) is 3.61. The summed E-state index contributed by atoms with van der Waals surface area (Å²) in [5.41, 5.74) is 1.37. The molecule has 11 heavy (non-hydrogen) atoms. The van der Waals surface area contributed by atoms with Gasteiger partial charge in [-0.1, -0.05) is 25.7 Å². The molecule has 0 bridgehead atoms. The molecule has 0 aromatic carbocycles. The van der Waals surface area contributed by atoms with Crippen LogP contribution in [-0.2, 0) is 0 Å². The van der Waals surface area contributed by atoms with Gasteiger partial charge in [0.15, 0.2) is 0 Å². The first-order chi connectivity index (χ1) is 5.34. The second kappa shape index (κ2) is 4.53. The quantitative estimate of drug-likeness (QED) is 0.405. The van der Waals surface area contributed by atoms with Gasteiger partial charge in [0, 0.05) is 12.8 Å². The van der Waals surface area contributed by atoms with Crippen LogP contribution in [0, 0.1) is 5.92 Å². The van der Waals surface area contributed by atoms with Crippen LogP contribution in [0.1, 0.15) is 45.4 Å². The van der Waals surface area contributed by atoms with Crippen LogP contribution in [0.2, 0.25) is 0 Å². The van der Waals surface area contributed by atoms with Crippen LogP contribution in [-0.4, -0.2) is 12.8 Å². The van der Waals surface area contributed by atoms with Crippen molar-refractivity contribution in [1.82, 2.24) is 0 Å². The molecule has 1 rings (SSSR count). The van der Waals surface area contributed by atoms with Gasteiger partial charge in [0.1, 0.15) is 0 Å². The van der Waals surface area contributed by atoms with Crippen molar-refractivity contribution in [3.63, 3.8) is 0 Å². The molecule has 1 heteroatoms. The second-order valence-electron chi connectivity index (χ2n) is 3.55. The zero-order valence-electron chi connectivity index (χ0n) is 7.77. The van der Waals surface area contributed by atoms with Crippen molar-refractivity contribution >= 4 is 5.71 Å². The molecule has 0 spiro atoms. The van der Waals surface area contributed by atoms with E-state index in [9.17, 15) is 0 Å². The largest absolute Gasteiger partial charge is 0.297 e. The van der Waals surface area contributed by atoms with Crippen molar-refractivity contribution in [2.75, 3.05) is 7.05 Å². The highest BCUT2D eigenvalue weighted by Crippen LogP contribution is 2.23. The molecule has 0 heterocycles. The SMILES string of the molecule is C/N=C(\C)C1CCCCCC1. The molecule has 1 fully saturated rings. The summed E-state index contributed by atoms with van der Waals surface area (Å²) >= 11 is 0. The summed E-state index contributed by atoms with van der Waals surface area (Å²) in [7, 11) is 1.92. The van der Waals surface area contributed by atoms with E-state index in [4.69, 9.17) is 0 Å². The Hall–Kier alpha value is -0.330. The van der Waals surface area contributed by atoms with Crippen LogP contribution in [0.25, 0.3) is 0 Å². The van der Waals surface area contributed by atoms with E-state index >= 15 is 0 Å². The molecule has 0 atom stereocenters. The fourth-order valence-electron chi connectivity index (χ4n) is 1.88. The Balaban J connectivity index is 2.42. The van der Waals surface area contributed by atoms with Gasteiger partial charge < -0.3 is 0 Å². The molecule has 0 aromatic heterocycles. The van der Waals surface area contributed by atoms with Gasteiger partial charge in [0.2, 0.25) is 0 Å². The zero-order valence-corrected chi connectivity index (χ0v) is 7.77. The van der Waals surface area contributed by atoms with Crippen LogP contribution in [0.15, 0.2) is 4.99 Å². The van der Waals surface area contributed by atoms with E-state index < -0.39 is 0 Å². The summed E-state index contributed by atoms with van der Waals surface area (Å²) in [5.74, 6) is 0.808. The minimum Gasteiger partial charge on any atom is -0.297 e. The van der Waals surface area contributed by atoms with Gasteiger partial charge in [-0.2, -0.15) is 0 Å². The van der Waals surface area contributed by atoms with Crippen molar-refractivity contribution in [3.05, 3.63) is 0 Å². The molecular formula is C10H19N. The van der Waals surface area contributed by atoms with Gasteiger partial charge in [-0.05, 0) is 25.7 Å². The van der Waals surface area contributed by atoms with Crippen LogP contribution in [0.5, 0.6) is 0 Å². The van der Waals surface area contributed by atoms with Gasteiger partial charge in [-0.15, -0.1) is 0 Å². The van der Waals surface area contributed by atoms with Crippen LogP contribution < -0.4 is 0 Å². The average Bonchev–Trinajstić information content (AvgIpc) is 2.30. The predicted molar refractivity (Wildman–Crippen MR) is 50.2 cm³/mol. The summed E-state index contributed by atoms with van der Waals surface area (Å²) < 4.78 is 0. The first-order valence-electron chi connectivity index (χ1n) is 4.78. The monoisotopic (exact) mass is 153 g/mol. The first-order valence-corrected chi connectivity index (χ1v) is 4.78. The number of hydrogen-bond donors (Lipinski definition) is 0. The highest BCUT2D eigenvalue weighted by atomic mass is 14.7. The Morgan fingerprint density at radius 3 is 2.09 bits per heavy atom. The van der Waals surface area contributed by atoms with E-state index in [1.807, 2.05) is 7.05 Å². The van der Waals surface area contributed by atoms with Crippen molar-refractivity contribution in [3.8, 4) is 0 Å². The molecule has 0 aliphatic heterocycles. The highest BCUT2D eigenvalue weighted by molar-refractivity contribution is 5.84. The third-order valence-electron chi connectivity index (χ3n) is 2.80. The van der Waals surface area contributed by atoms with E-state index in [1.165, 1.54) is 44.2 Å². The topological polar surface area (TPSA) is 12.4 Å². The number of rotatable bonds is 1.